The van der Waals surface area contributed by atoms with Gasteiger partial charge in [-0.15, -0.1) is 11.3 Å². The molecule has 1 N–H and O–H groups in total. The van der Waals surface area contributed by atoms with Crippen LogP contribution in [0.4, 0.5) is 13.2 Å². The second-order valence-electron chi connectivity index (χ2n) is 5.28. The zero-order valence-corrected chi connectivity index (χ0v) is 12.9. The number of hydrogen-bond acceptors (Lipinski definition) is 4. The molecule has 1 heterocycles. The number of ether oxygens (including phenoxy) is 1. The van der Waals surface area contributed by atoms with E-state index >= 15 is 0 Å². The van der Waals surface area contributed by atoms with E-state index < -0.39 is 12.8 Å². The first kappa shape index (κ1) is 16.7. The van der Waals surface area contributed by atoms with Crippen molar-refractivity contribution < 1.29 is 17.9 Å². The molecule has 0 atom stereocenters. The molecule has 0 aliphatic heterocycles. The SMILES string of the molecule is CCCNCc1sc(CCOCC(F)(F)F)nc1C1CC1. The minimum absolute atomic E-state index is 0.0684. The van der Waals surface area contributed by atoms with Crippen molar-refractivity contribution in [3.63, 3.8) is 0 Å². The molecule has 0 spiro atoms. The summed E-state index contributed by atoms with van der Waals surface area (Å²) in [5.41, 5.74) is 1.15. The summed E-state index contributed by atoms with van der Waals surface area (Å²) in [6, 6.07) is 0. The van der Waals surface area contributed by atoms with Crippen molar-refractivity contribution in [3.8, 4) is 0 Å². The van der Waals surface area contributed by atoms with Crippen molar-refractivity contribution in [1.82, 2.24) is 10.3 Å². The first-order chi connectivity index (χ1) is 9.99. The Hall–Kier alpha value is -0.660. The number of thiazole rings is 1. The van der Waals surface area contributed by atoms with Gasteiger partial charge in [-0.3, -0.25) is 0 Å². The van der Waals surface area contributed by atoms with Crippen LogP contribution >= 0.6 is 11.3 Å². The minimum atomic E-state index is -4.25. The largest absolute Gasteiger partial charge is 0.411 e. The van der Waals surface area contributed by atoms with Crippen LogP contribution in [0.15, 0.2) is 0 Å². The van der Waals surface area contributed by atoms with Gasteiger partial charge in [0.05, 0.1) is 17.3 Å². The first-order valence-electron chi connectivity index (χ1n) is 7.33. The van der Waals surface area contributed by atoms with E-state index in [1.165, 1.54) is 17.7 Å². The van der Waals surface area contributed by atoms with Gasteiger partial charge in [0.1, 0.15) is 6.61 Å². The molecule has 2 rings (SSSR count). The maximum absolute atomic E-state index is 12.0. The molecule has 1 fully saturated rings. The standard InChI is InChI=1S/C14H21F3N2OS/c1-2-6-18-8-11-13(10-3-4-10)19-12(21-11)5-7-20-9-14(15,16)17/h10,18H,2-9H2,1H3. The Bertz CT molecular complexity index is 444. The van der Waals surface area contributed by atoms with E-state index in [9.17, 15) is 13.2 Å². The molecule has 0 saturated heterocycles. The topological polar surface area (TPSA) is 34.1 Å². The molecule has 21 heavy (non-hydrogen) atoms. The van der Waals surface area contributed by atoms with E-state index in [1.54, 1.807) is 11.3 Å². The molecule has 120 valence electrons. The number of nitrogens with one attached hydrogen (secondary N) is 1. The lowest BCUT2D eigenvalue weighted by Gasteiger charge is -2.06. The fourth-order valence-corrected chi connectivity index (χ4v) is 3.15. The number of hydrogen-bond donors (Lipinski definition) is 1. The van der Waals surface area contributed by atoms with Crippen molar-refractivity contribution in [2.24, 2.45) is 0 Å². The maximum Gasteiger partial charge on any atom is 0.411 e. The Morgan fingerprint density at radius 1 is 1.38 bits per heavy atom. The summed E-state index contributed by atoms with van der Waals surface area (Å²) in [7, 11) is 0. The molecule has 0 unspecified atom stereocenters. The zero-order chi connectivity index (χ0) is 15.3. The third-order valence-corrected chi connectivity index (χ3v) is 4.31. The van der Waals surface area contributed by atoms with Crippen LogP contribution in [0, 0.1) is 0 Å². The average molecular weight is 322 g/mol. The predicted molar refractivity (Wildman–Crippen MR) is 76.7 cm³/mol. The fourth-order valence-electron chi connectivity index (χ4n) is 2.05. The van der Waals surface area contributed by atoms with Crippen LogP contribution in [0.1, 0.15) is 47.7 Å². The second-order valence-corrected chi connectivity index (χ2v) is 6.45. The summed E-state index contributed by atoms with van der Waals surface area (Å²) in [4.78, 5) is 5.84. The molecule has 1 saturated carbocycles. The highest BCUT2D eigenvalue weighted by atomic mass is 32.1. The van der Waals surface area contributed by atoms with Crippen molar-refractivity contribution in [3.05, 3.63) is 15.6 Å². The van der Waals surface area contributed by atoms with E-state index in [2.05, 4.69) is 22.0 Å². The Morgan fingerprint density at radius 2 is 2.14 bits per heavy atom. The number of alkyl halides is 3. The lowest BCUT2D eigenvalue weighted by Crippen LogP contribution is -2.17. The molecule has 0 amide bonds. The lowest BCUT2D eigenvalue weighted by molar-refractivity contribution is -0.173. The molecule has 0 bridgehead atoms. The molecule has 7 heteroatoms. The van der Waals surface area contributed by atoms with Crippen LogP contribution in [0.2, 0.25) is 0 Å². The highest BCUT2D eigenvalue weighted by Gasteiger charge is 2.30. The average Bonchev–Trinajstić information content (AvgIpc) is 3.17. The third-order valence-electron chi connectivity index (χ3n) is 3.17. The highest BCUT2D eigenvalue weighted by molar-refractivity contribution is 7.11. The number of aromatic nitrogens is 1. The number of nitrogens with zero attached hydrogens (tertiary/aromatic N) is 1. The van der Waals surface area contributed by atoms with Gasteiger partial charge in [0.15, 0.2) is 0 Å². The highest BCUT2D eigenvalue weighted by Crippen LogP contribution is 2.42. The van der Waals surface area contributed by atoms with Gasteiger partial charge in [0, 0.05) is 23.8 Å². The van der Waals surface area contributed by atoms with Crippen LogP contribution in [-0.2, 0) is 17.7 Å². The second kappa shape index (κ2) is 7.56. The molecular weight excluding hydrogens is 301 g/mol. The van der Waals surface area contributed by atoms with E-state index in [4.69, 9.17) is 0 Å². The molecule has 1 aromatic rings. The number of halogens is 3. The van der Waals surface area contributed by atoms with Crippen LogP contribution < -0.4 is 5.32 Å². The summed E-state index contributed by atoms with van der Waals surface area (Å²) >= 11 is 1.60. The van der Waals surface area contributed by atoms with Gasteiger partial charge >= 0.3 is 6.18 Å². The van der Waals surface area contributed by atoms with Gasteiger partial charge in [-0.05, 0) is 25.8 Å². The minimum Gasteiger partial charge on any atom is -0.372 e. The molecule has 1 aliphatic rings. The quantitative estimate of drug-likeness (QED) is 0.705. The molecular formula is C14H21F3N2OS. The zero-order valence-electron chi connectivity index (χ0n) is 12.1. The van der Waals surface area contributed by atoms with Gasteiger partial charge in [-0.25, -0.2) is 4.98 Å². The van der Waals surface area contributed by atoms with E-state index in [0.717, 1.165) is 30.2 Å². The smallest absolute Gasteiger partial charge is 0.372 e. The number of rotatable bonds is 9. The monoisotopic (exact) mass is 322 g/mol. The molecule has 3 nitrogen and oxygen atoms in total. The lowest BCUT2D eigenvalue weighted by atomic mass is 10.2. The van der Waals surface area contributed by atoms with Gasteiger partial charge in [0.25, 0.3) is 0 Å². The Kier molecular flexibility index (Phi) is 6.01. The molecule has 0 radical (unpaired) electrons. The van der Waals surface area contributed by atoms with Crippen LogP contribution in [-0.4, -0.2) is 30.9 Å². The third kappa shape index (κ3) is 5.92. The van der Waals surface area contributed by atoms with Gasteiger partial charge in [0.2, 0.25) is 0 Å². The summed E-state index contributed by atoms with van der Waals surface area (Å²) in [5.74, 6) is 0.560. The van der Waals surface area contributed by atoms with Crippen molar-refractivity contribution >= 4 is 11.3 Å². The normalized spacial score (nSPS) is 15.6. The Labute approximate surface area is 126 Å². The van der Waals surface area contributed by atoms with Crippen LogP contribution in [0.5, 0.6) is 0 Å². The molecule has 1 aromatic heterocycles. The van der Waals surface area contributed by atoms with Gasteiger partial charge < -0.3 is 10.1 Å². The van der Waals surface area contributed by atoms with Gasteiger partial charge in [-0.1, -0.05) is 6.92 Å². The molecule has 1 aliphatic carbocycles. The predicted octanol–water partition coefficient (Wildman–Crippen LogP) is 3.64. The van der Waals surface area contributed by atoms with Crippen molar-refractivity contribution in [2.45, 2.75) is 51.2 Å². The summed E-state index contributed by atoms with van der Waals surface area (Å²) in [6.45, 7) is 2.77. The van der Waals surface area contributed by atoms with Crippen LogP contribution in [0.25, 0.3) is 0 Å². The fraction of sp³-hybridized carbons (Fsp3) is 0.786. The summed E-state index contributed by atoms with van der Waals surface area (Å²) in [5, 5.41) is 4.25. The first-order valence-corrected chi connectivity index (χ1v) is 8.15. The van der Waals surface area contributed by atoms with Crippen molar-refractivity contribution in [1.29, 1.82) is 0 Å². The summed E-state index contributed by atoms with van der Waals surface area (Å²) < 4.78 is 40.6. The summed E-state index contributed by atoms with van der Waals surface area (Å²) in [6.07, 6.45) is -0.371. The van der Waals surface area contributed by atoms with Crippen molar-refractivity contribution in [2.75, 3.05) is 19.8 Å². The van der Waals surface area contributed by atoms with E-state index in [1.807, 2.05) is 0 Å². The van der Waals surface area contributed by atoms with E-state index in [-0.39, 0.29) is 6.61 Å². The van der Waals surface area contributed by atoms with Gasteiger partial charge in [-0.2, -0.15) is 13.2 Å². The Balaban J connectivity index is 1.83. The van der Waals surface area contributed by atoms with E-state index in [0.29, 0.717) is 12.3 Å². The molecule has 0 aromatic carbocycles. The van der Waals surface area contributed by atoms with Crippen LogP contribution in [0.3, 0.4) is 0 Å². The maximum atomic E-state index is 12.0. The Morgan fingerprint density at radius 3 is 2.76 bits per heavy atom.